The highest BCUT2D eigenvalue weighted by molar-refractivity contribution is 5.46. The van der Waals surface area contributed by atoms with Gasteiger partial charge in [-0.1, -0.05) is 13.0 Å². The van der Waals surface area contributed by atoms with Crippen LogP contribution in [-0.4, -0.2) is 13.1 Å². The fraction of sp³-hybridized carbons (Fsp3) is 0.375. The van der Waals surface area contributed by atoms with Gasteiger partial charge in [0.15, 0.2) is 0 Å². The average molecular weight is 276 g/mol. The van der Waals surface area contributed by atoms with Gasteiger partial charge in [0.05, 0.1) is 12.8 Å². The van der Waals surface area contributed by atoms with E-state index in [1.54, 1.807) is 18.4 Å². The molecule has 0 unspecified atom stereocenters. The SMILES string of the molecule is CCNCc1coc(CN(CC)c2cccc(F)c2)c1. The number of hydrogen-bond donors (Lipinski definition) is 1. The van der Waals surface area contributed by atoms with Crippen LogP contribution in [-0.2, 0) is 13.1 Å². The van der Waals surface area contributed by atoms with Crippen molar-refractivity contribution in [1.29, 1.82) is 0 Å². The number of rotatable bonds is 7. The van der Waals surface area contributed by atoms with Gasteiger partial charge in [0, 0.05) is 24.3 Å². The highest BCUT2D eigenvalue weighted by atomic mass is 19.1. The third kappa shape index (κ3) is 3.84. The lowest BCUT2D eigenvalue weighted by molar-refractivity contribution is 0.500. The molecule has 4 heteroatoms. The van der Waals surface area contributed by atoms with Gasteiger partial charge in [-0.2, -0.15) is 0 Å². The quantitative estimate of drug-likeness (QED) is 0.838. The summed E-state index contributed by atoms with van der Waals surface area (Å²) in [4.78, 5) is 2.08. The maximum absolute atomic E-state index is 13.3. The maximum atomic E-state index is 13.3. The number of hydrogen-bond acceptors (Lipinski definition) is 3. The van der Waals surface area contributed by atoms with Crippen LogP contribution in [0.3, 0.4) is 0 Å². The highest BCUT2D eigenvalue weighted by Gasteiger charge is 2.09. The molecule has 0 aliphatic heterocycles. The Bertz CT molecular complexity index is 539. The monoisotopic (exact) mass is 276 g/mol. The van der Waals surface area contributed by atoms with Crippen molar-refractivity contribution in [3.8, 4) is 0 Å². The molecule has 0 aliphatic carbocycles. The molecule has 0 atom stereocenters. The van der Waals surface area contributed by atoms with Crippen molar-refractivity contribution in [1.82, 2.24) is 5.32 Å². The van der Waals surface area contributed by atoms with E-state index in [1.165, 1.54) is 6.07 Å². The zero-order valence-corrected chi connectivity index (χ0v) is 12.0. The number of furan rings is 1. The Morgan fingerprint density at radius 2 is 2.10 bits per heavy atom. The van der Waals surface area contributed by atoms with E-state index in [0.717, 1.165) is 36.6 Å². The molecular formula is C16H21FN2O. The van der Waals surface area contributed by atoms with Crippen LogP contribution in [0.1, 0.15) is 25.2 Å². The highest BCUT2D eigenvalue weighted by Crippen LogP contribution is 2.19. The van der Waals surface area contributed by atoms with Crippen molar-refractivity contribution in [2.75, 3.05) is 18.0 Å². The summed E-state index contributed by atoms with van der Waals surface area (Å²) in [6, 6.07) is 8.69. The van der Waals surface area contributed by atoms with Crippen molar-refractivity contribution >= 4 is 5.69 Å². The van der Waals surface area contributed by atoms with E-state index < -0.39 is 0 Å². The van der Waals surface area contributed by atoms with Gasteiger partial charge in [-0.15, -0.1) is 0 Å². The van der Waals surface area contributed by atoms with E-state index >= 15 is 0 Å². The predicted octanol–water partition coefficient (Wildman–Crippen LogP) is 3.55. The van der Waals surface area contributed by atoms with Gasteiger partial charge in [0.2, 0.25) is 0 Å². The molecule has 3 nitrogen and oxygen atoms in total. The summed E-state index contributed by atoms with van der Waals surface area (Å²) >= 11 is 0. The van der Waals surface area contributed by atoms with Gasteiger partial charge < -0.3 is 14.6 Å². The van der Waals surface area contributed by atoms with Gasteiger partial charge >= 0.3 is 0 Å². The summed E-state index contributed by atoms with van der Waals surface area (Å²) in [5, 5.41) is 3.26. The molecule has 20 heavy (non-hydrogen) atoms. The first kappa shape index (κ1) is 14.6. The summed E-state index contributed by atoms with van der Waals surface area (Å²) in [5.74, 6) is 0.678. The fourth-order valence-corrected chi connectivity index (χ4v) is 2.12. The Kier molecular flexibility index (Phi) is 5.18. The van der Waals surface area contributed by atoms with Crippen LogP contribution in [0.4, 0.5) is 10.1 Å². The normalized spacial score (nSPS) is 10.8. The largest absolute Gasteiger partial charge is 0.467 e. The van der Waals surface area contributed by atoms with Crippen LogP contribution < -0.4 is 10.2 Å². The van der Waals surface area contributed by atoms with Crippen molar-refractivity contribution < 1.29 is 8.81 Å². The fourth-order valence-electron chi connectivity index (χ4n) is 2.12. The van der Waals surface area contributed by atoms with Gasteiger partial charge in [-0.05, 0) is 37.7 Å². The molecule has 0 bridgehead atoms. The molecule has 108 valence electrons. The standard InChI is InChI=1S/C16H21FN2O/c1-3-18-10-13-8-16(20-12-13)11-19(4-2)15-7-5-6-14(17)9-15/h5-9,12,18H,3-4,10-11H2,1-2H3. The third-order valence-electron chi connectivity index (χ3n) is 3.19. The Labute approximate surface area is 119 Å². The zero-order valence-electron chi connectivity index (χ0n) is 12.0. The van der Waals surface area contributed by atoms with Crippen LogP contribution in [0.2, 0.25) is 0 Å². The second kappa shape index (κ2) is 7.10. The Morgan fingerprint density at radius 1 is 1.25 bits per heavy atom. The molecule has 1 aromatic carbocycles. The molecule has 2 aromatic rings. The smallest absolute Gasteiger partial charge is 0.125 e. The first-order valence-electron chi connectivity index (χ1n) is 7.00. The second-order valence-corrected chi connectivity index (χ2v) is 4.70. The second-order valence-electron chi connectivity index (χ2n) is 4.70. The minimum Gasteiger partial charge on any atom is -0.467 e. The average Bonchev–Trinajstić information content (AvgIpc) is 2.90. The predicted molar refractivity (Wildman–Crippen MR) is 79.2 cm³/mol. The van der Waals surface area contributed by atoms with E-state index in [4.69, 9.17) is 4.42 Å². The van der Waals surface area contributed by atoms with Gasteiger partial charge in [0.1, 0.15) is 11.6 Å². The Balaban J connectivity index is 2.04. The summed E-state index contributed by atoms with van der Waals surface area (Å²) in [6.45, 7) is 7.31. The number of benzene rings is 1. The summed E-state index contributed by atoms with van der Waals surface area (Å²) in [5.41, 5.74) is 2.01. The minimum atomic E-state index is -0.215. The zero-order chi connectivity index (χ0) is 14.4. The molecule has 1 N–H and O–H groups in total. The molecule has 0 radical (unpaired) electrons. The van der Waals surface area contributed by atoms with Crippen LogP contribution in [0.25, 0.3) is 0 Å². The van der Waals surface area contributed by atoms with E-state index in [2.05, 4.69) is 17.1 Å². The lowest BCUT2D eigenvalue weighted by Crippen LogP contribution is -2.21. The maximum Gasteiger partial charge on any atom is 0.125 e. The summed E-state index contributed by atoms with van der Waals surface area (Å²) < 4.78 is 18.9. The Hall–Kier alpha value is -1.81. The summed E-state index contributed by atoms with van der Waals surface area (Å²) in [7, 11) is 0. The minimum absolute atomic E-state index is 0.215. The van der Waals surface area contributed by atoms with Gasteiger partial charge in [-0.25, -0.2) is 4.39 Å². The molecule has 1 aromatic heterocycles. The number of halogens is 1. The van der Waals surface area contributed by atoms with Crippen molar-refractivity contribution in [3.05, 3.63) is 53.7 Å². The molecule has 0 saturated carbocycles. The van der Waals surface area contributed by atoms with Crippen molar-refractivity contribution in [3.63, 3.8) is 0 Å². The first-order chi connectivity index (χ1) is 9.72. The first-order valence-corrected chi connectivity index (χ1v) is 7.00. The number of nitrogens with zero attached hydrogens (tertiary/aromatic N) is 1. The van der Waals surface area contributed by atoms with E-state index in [1.807, 2.05) is 19.1 Å². The van der Waals surface area contributed by atoms with Crippen molar-refractivity contribution in [2.45, 2.75) is 26.9 Å². The molecule has 0 fully saturated rings. The lowest BCUT2D eigenvalue weighted by Gasteiger charge is -2.21. The topological polar surface area (TPSA) is 28.4 Å². The lowest BCUT2D eigenvalue weighted by atomic mass is 10.2. The van der Waals surface area contributed by atoms with Crippen molar-refractivity contribution in [2.24, 2.45) is 0 Å². The number of anilines is 1. The Morgan fingerprint density at radius 3 is 2.80 bits per heavy atom. The molecular weight excluding hydrogens is 255 g/mol. The summed E-state index contributed by atoms with van der Waals surface area (Å²) in [6.07, 6.45) is 1.78. The molecule has 0 aliphatic rings. The molecule has 1 heterocycles. The van der Waals surface area contributed by atoms with E-state index in [9.17, 15) is 4.39 Å². The van der Waals surface area contributed by atoms with Crippen LogP contribution in [0.15, 0.2) is 41.0 Å². The third-order valence-corrected chi connectivity index (χ3v) is 3.19. The van der Waals surface area contributed by atoms with Gasteiger partial charge in [0.25, 0.3) is 0 Å². The van der Waals surface area contributed by atoms with Gasteiger partial charge in [-0.3, -0.25) is 0 Å². The molecule has 2 rings (SSSR count). The van der Waals surface area contributed by atoms with E-state index in [-0.39, 0.29) is 5.82 Å². The van der Waals surface area contributed by atoms with Crippen LogP contribution in [0.5, 0.6) is 0 Å². The molecule has 0 amide bonds. The van der Waals surface area contributed by atoms with E-state index in [0.29, 0.717) is 6.54 Å². The van der Waals surface area contributed by atoms with Crippen LogP contribution in [0, 0.1) is 5.82 Å². The van der Waals surface area contributed by atoms with Crippen LogP contribution >= 0.6 is 0 Å². The molecule has 0 spiro atoms. The number of nitrogens with one attached hydrogen (secondary N) is 1. The molecule has 0 saturated heterocycles.